The maximum absolute atomic E-state index is 10.1. The van der Waals surface area contributed by atoms with E-state index in [0.29, 0.717) is 6.42 Å². The number of halogens is 2. The number of aliphatic hydroxyl groups excluding tert-OH is 1. The summed E-state index contributed by atoms with van der Waals surface area (Å²) in [5.41, 5.74) is 0.952. The monoisotopic (exact) mass is 360 g/mol. The lowest BCUT2D eigenvalue weighted by molar-refractivity contribution is 0.179. The van der Waals surface area contributed by atoms with E-state index in [-0.39, 0.29) is 0 Å². The number of rotatable bonds is 3. The molecule has 1 N–H and O–H groups in total. The second-order valence-corrected chi connectivity index (χ2v) is 6.33. The Labute approximate surface area is 115 Å². The van der Waals surface area contributed by atoms with Crippen molar-refractivity contribution in [2.24, 2.45) is 0 Å². The van der Waals surface area contributed by atoms with Crippen LogP contribution in [-0.2, 0) is 6.42 Å². The van der Waals surface area contributed by atoms with Crippen LogP contribution >= 0.6 is 43.2 Å². The van der Waals surface area contributed by atoms with Gasteiger partial charge in [-0.1, -0.05) is 28.1 Å². The number of hydrogen-bond acceptors (Lipinski definition) is 2. The van der Waals surface area contributed by atoms with Gasteiger partial charge in [-0.25, -0.2) is 0 Å². The zero-order chi connectivity index (χ0) is 11.5. The lowest BCUT2D eigenvalue weighted by Gasteiger charge is -2.09. The molecule has 0 spiro atoms. The van der Waals surface area contributed by atoms with Gasteiger partial charge in [-0.05, 0) is 39.7 Å². The van der Waals surface area contributed by atoms with Crippen LogP contribution in [0.15, 0.2) is 44.7 Å². The molecular formula is C12H10Br2OS. The third kappa shape index (κ3) is 3.17. The molecule has 1 heterocycles. The highest BCUT2D eigenvalue weighted by Gasteiger charge is 2.09. The Morgan fingerprint density at radius 3 is 2.38 bits per heavy atom. The number of benzene rings is 1. The van der Waals surface area contributed by atoms with Crippen LogP contribution in [0, 0.1) is 0 Å². The van der Waals surface area contributed by atoms with E-state index in [1.165, 1.54) is 4.88 Å². The summed E-state index contributed by atoms with van der Waals surface area (Å²) in [6.07, 6.45) is 0.233. The van der Waals surface area contributed by atoms with Crippen molar-refractivity contribution in [3.8, 4) is 0 Å². The minimum absolute atomic E-state index is 0.432. The summed E-state index contributed by atoms with van der Waals surface area (Å²) in [7, 11) is 0. The van der Waals surface area contributed by atoms with Crippen LogP contribution in [0.25, 0.3) is 0 Å². The van der Waals surface area contributed by atoms with E-state index in [4.69, 9.17) is 0 Å². The van der Waals surface area contributed by atoms with Crippen LogP contribution in [0.3, 0.4) is 0 Å². The first-order valence-electron chi connectivity index (χ1n) is 4.81. The van der Waals surface area contributed by atoms with Crippen molar-refractivity contribution in [2.45, 2.75) is 12.5 Å². The summed E-state index contributed by atoms with van der Waals surface area (Å²) in [4.78, 5) is 1.18. The van der Waals surface area contributed by atoms with E-state index >= 15 is 0 Å². The van der Waals surface area contributed by atoms with Crippen LogP contribution in [0.5, 0.6) is 0 Å². The van der Waals surface area contributed by atoms with Crippen LogP contribution in [0.4, 0.5) is 0 Å². The molecule has 0 saturated carbocycles. The molecule has 1 atom stereocenters. The van der Waals surface area contributed by atoms with E-state index in [1.807, 2.05) is 35.7 Å². The van der Waals surface area contributed by atoms with Crippen molar-refractivity contribution in [2.75, 3.05) is 0 Å². The Morgan fingerprint density at radius 2 is 1.81 bits per heavy atom. The van der Waals surface area contributed by atoms with E-state index in [1.54, 1.807) is 11.3 Å². The Morgan fingerprint density at radius 1 is 1.12 bits per heavy atom. The smallest absolute Gasteiger partial charge is 0.0838 e. The lowest BCUT2D eigenvalue weighted by Crippen LogP contribution is -1.99. The van der Waals surface area contributed by atoms with Gasteiger partial charge in [-0.2, -0.15) is 0 Å². The summed E-state index contributed by atoms with van der Waals surface area (Å²) in [6.45, 7) is 0. The molecule has 0 fully saturated rings. The van der Waals surface area contributed by atoms with Gasteiger partial charge in [-0.3, -0.25) is 0 Å². The topological polar surface area (TPSA) is 20.2 Å². The number of aliphatic hydroxyl groups is 1. The first-order chi connectivity index (χ1) is 7.65. The highest BCUT2D eigenvalue weighted by Crippen LogP contribution is 2.26. The SMILES string of the molecule is OC(Cc1cc(Br)cs1)c1ccc(Br)cc1. The largest absolute Gasteiger partial charge is 0.388 e. The molecule has 0 saturated heterocycles. The van der Waals surface area contributed by atoms with Gasteiger partial charge in [0, 0.05) is 25.6 Å². The number of hydrogen-bond donors (Lipinski definition) is 1. The predicted molar refractivity (Wildman–Crippen MR) is 74.8 cm³/mol. The van der Waals surface area contributed by atoms with Crippen LogP contribution in [-0.4, -0.2) is 5.11 Å². The molecule has 1 unspecified atom stereocenters. The molecule has 0 aliphatic heterocycles. The molecule has 16 heavy (non-hydrogen) atoms. The van der Waals surface area contributed by atoms with E-state index in [0.717, 1.165) is 14.5 Å². The molecule has 2 rings (SSSR count). The van der Waals surface area contributed by atoms with Gasteiger partial charge in [0.05, 0.1) is 6.10 Å². The average Bonchev–Trinajstić information content (AvgIpc) is 2.65. The van der Waals surface area contributed by atoms with Gasteiger partial charge in [0.1, 0.15) is 0 Å². The van der Waals surface area contributed by atoms with Crippen molar-refractivity contribution in [1.82, 2.24) is 0 Å². The van der Waals surface area contributed by atoms with Crippen LogP contribution < -0.4 is 0 Å². The molecule has 1 aromatic heterocycles. The van der Waals surface area contributed by atoms with Crippen LogP contribution in [0.1, 0.15) is 16.5 Å². The first-order valence-corrected chi connectivity index (χ1v) is 7.28. The fourth-order valence-electron chi connectivity index (χ4n) is 1.45. The fraction of sp³-hybridized carbons (Fsp3) is 0.167. The molecular weight excluding hydrogens is 352 g/mol. The molecule has 84 valence electrons. The third-order valence-electron chi connectivity index (χ3n) is 2.27. The van der Waals surface area contributed by atoms with Gasteiger partial charge >= 0.3 is 0 Å². The van der Waals surface area contributed by atoms with Crippen molar-refractivity contribution in [3.63, 3.8) is 0 Å². The summed E-state index contributed by atoms with van der Waals surface area (Å²) >= 11 is 8.45. The van der Waals surface area contributed by atoms with Gasteiger partial charge < -0.3 is 5.11 Å². The molecule has 4 heteroatoms. The quantitative estimate of drug-likeness (QED) is 0.850. The average molecular weight is 362 g/mol. The zero-order valence-corrected chi connectivity index (χ0v) is 12.3. The maximum atomic E-state index is 10.1. The second-order valence-electron chi connectivity index (χ2n) is 3.50. The summed E-state index contributed by atoms with van der Waals surface area (Å²) < 4.78 is 2.11. The molecule has 1 aromatic carbocycles. The van der Waals surface area contributed by atoms with Crippen molar-refractivity contribution in [3.05, 3.63) is 55.1 Å². The lowest BCUT2D eigenvalue weighted by atomic mass is 10.1. The molecule has 0 radical (unpaired) electrons. The molecule has 0 amide bonds. The second kappa shape index (κ2) is 5.45. The highest BCUT2D eigenvalue weighted by atomic mass is 79.9. The van der Waals surface area contributed by atoms with Gasteiger partial charge in [0.25, 0.3) is 0 Å². The summed E-state index contributed by atoms with van der Waals surface area (Å²) in [6, 6.07) is 9.83. The van der Waals surface area contributed by atoms with E-state index in [9.17, 15) is 5.11 Å². The van der Waals surface area contributed by atoms with Crippen molar-refractivity contribution < 1.29 is 5.11 Å². The first kappa shape index (κ1) is 12.3. The number of thiophene rings is 1. The van der Waals surface area contributed by atoms with E-state index in [2.05, 4.69) is 31.9 Å². The molecule has 1 nitrogen and oxygen atoms in total. The zero-order valence-electron chi connectivity index (χ0n) is 8.36. The summed E-state index contributed by atoms with van der Waals surface area (Å²) in [5.74, 6) is 0. The molecule has 0 aliphatic carbocycles. The fourth-order valence-corrected chi connectivity index (χ4v) is 3.21. The van der Waals surface area contributed by atoms with Crippen molar-refractivity contribution >= 4 is 43.2 Å². The predicted octanol–water partition coefficient (Wildman–Crippen LogP) is 4.55. The minimum Gasteiger partial charge on any atom is -0.388 e. The highest BCUT2D eigenvalue weighted by molar-refractivity contribution is 9.10. The molecule has 2 aromatic rings. The summed E-state index contributed by atoms with van der Waals surface area (Å²) in [5, 5.41) is 12.1. The molecule has 0 aliphatic rings. The minimum atomic E-state index is -0.432. The van der Waals surface area contributed by atoms with Gasteiger partial charge in [-0.15, -0.1) is 11.3 Å². The van der Waals surface area contributed by atoms with Crippen LogP contribution in [0.2, 0.25) is 0 Å². The Bertz CT molecular complexity index is 464. The standard InChI is InChI=1S/C12H10Br2OS/c13-9-3-1-8(2-4-9)12(15)6-11-5-10(14)7-16-11/h1-5,7,12,15H,6H2. The van der Waals surface area contributed by atoms with Crippen molar-refractivity contribution in [1.29, 1.82) is 0 Å². The maximum Gasteiger partial charge on any atom is 0.0838 e. The Balaban J connectivity index is 2.08. The molecule has 0 bridgehead atoms. The van der Waals surface area contributed by atoms with Gasteiger partial charge in [0.2, 0.25) is 0 Å². The normalized spacial score (nSPS) is 12.7. The van der Waals surface area contributed by atoms with Gasteiger partial charge in [0.15, 0.2) is 0 Å². The Hall–Kier alpha value is -0.160. The van der Waals surface area contributed by atoms with E-state index < -0.39 is 6.10 Å². The Kier molecular flexibility index (Phi) is 4.19. The third-order valence-corrected chi connectivity index (χ3v) is 4.52.